The van der Waals surface area contributed by atoms with E-state index in [-0.39, 0.29) is 5.82 Å². The van der Waals surface area contributed by atoms with Crippen molar-refractivity contribution in [2.75, 3.05) is 0 Å². The van der Waals surface area contributed by atoms with E-state index in [4.69, 9.17) is 4.74 Å². The largest absolute Gasteiger partial charge is 0.438 e. The minimum absolute atomic E-state index is 0.325. The molecule has 1 aromatic carbocycles. The number of hydrogen-bond acceptors (Lipinski definition) is 2. The molecule has 0 saturated carbocycles. The molecule has 2 nitrogen and oxygen atoms in total. The predicted molar refractivity (Wildman–Crippen MR) is 70.4 cm³/mol. The second kappa shape index (κ2) is 4.69. The van der Waals surface area contributed by atoms with Crippen molar-refractivity contribution in [1.29, 1.82) is 0 Å². The van der Waals surface area contributed by atoms with Gasteiger partial charge in [0.1, 0.15) is 11.6 Å². The maximum Gasteiger partial charge on any atom is 0.219 e. The van der Waals surface area contributed by atoms with Crippen molar-refractivity contribution < 1.29 is 9.13 Å². The minimum atomic E-state index is -0.325. The van der Waals surface area contributed by atoms with Crippen molar-refractivity contribution in [3.05, 3.63) is 51.9 Å². The van der Waals surface area contributed by atoms with Crippen LogP contribution in [0.1, 0.15) is 17.7 Å². The number of benzene rings is 1. The normalized spacial score (nSPS) is 13.4. The van der Waals surface area contributed by atoms with Crippen LogP contribution in [-0.4, -0.2) is 4.98 Å². The highest BCUT2D eigenvalue weighted by atomic mass is 79.9. The summed E-state index contributed by atoms with van der Waals surface area (Å²) in [5.41, 5.74) is 2.39. The minimum Gasteiger partial charge on any atom is -0.438 e. The summed E-state index contributed by atoms with van der Waals surface area (Å²) >= 11 is 3.33. The van der Waals surface area contributed by atoms with Gasteiger partial charge in [-0.3, -0.25) is 0 Å². The Kier molecular flexibility index (Phi) is 3.04. The standard InChI is InChI=1S/C14H11BrFNO/c15-11-6-5-10(16)8-13(11)18-14-7-4-9-2-1-3-12(9)17-14/h4-8H,1-3H2. The molecule has 0 N–H and O–H groups in total. The number of nitrogens with zero attached hydrogens (tertiary/aromatic N) is 1. The van der Waals surface area contributed by atoms with Gasteiger partial charge in [0.2, 0.25) is 5.88 Å². The molecule has 0 spiro atoms. The van der Waals surface area contributed by atoms with E-state index in [1.54, 1.807) is 6.07 Å². The molecule has 0 saturated heterocycles. The average Bonchev–Trinajstić information content (AvgIpc) is 2.81. The van der Waals surface area contributed by atoms with E-state index in [0.29, 0.717) is 16.1 Å². The quantitative estimate of drug-likeness (QED) is 0.827. The Balaban J connectivity index is 1.90. The number of pyridine rings is 1. The number of ether oxygens (including phenoxy) is 1. The maximum atomic E-state index is 13.1. The molecule has 0 atom stereocenters. The fraction of sp³-hybridized carbons (Fsp3) is 0.214. The van der Waals surface area contributed by atoms with Crippen molar-refractivity contribution in [2.45, 2.75) is 19.3 Å². The van der Waals surface area contributed by atoms with E-state index in [2.05, 4.69) is 20.9 Å². The zero-order valence-electron chi connectivity index (χ0n) is 9.62. The highest BCUT2D eigenvalue weighted by Crippen LogP contribution is 2.31. The Labute approximate surface area is 113 Å². The van der Waals surface area contributed by atoms with Crippen molar-refractivity contribution in [1.82, 2.24) is 4.98 Å². The third-order valence-electron chi connectivity index (χ3n) is 3.01. The number of hydrogen-bond donors (Lipinski definition) is 0. The lowest BCUT2D eigenvalue weighted by molar-refractivity contribution is 0.453. The zero-order chi connectivity index (χ0) is 12.5. The number of rotatable bonds is 2. The van der Waals surface area contributed by atoms with Crippen LogP contribution >= 0.6 is 15.9 Å². The highest BCUT2D eigenvalue weighted by molar-refractivity contribution is 9.10. The van der Waals surface area contributed by atoms with Crippen LogP contribution in [0.25, 0.3) is 0 Å². The van der Waals surface area contributed by atoms with Crippen LogP contribution in [0.3, 0.4) is 0 Å². The lowest BCUT2D eigenvalue weighted by atomic mass is 10.2. The average molecular weight is 308 g/mol. The third-order valence-corrected chi connectivity index (χ3v) is 3.67. The molecule has 1 aromatic heterocycles. The van der Waals surface area contributed by atoms with Crippen LogP contribution < -0.4 is 4.74 Å². The first-order chi connectivity index (χ1) is 8.72. The lowest BCUT2D eigenvalue weighted by Crippen LogP contribution is -1.94. The van der Waals surface area contributed by atoms with E-state index in [1.807, 2.05) is 12.1 Å². The second-order valence-corrected chi connectivity index (χ2v) is 5.14. The van der Waals surface area contributed by atoms with E-state index >= 15 is 0 Å². The fourth-order valence-electron chi connectivity index (χ4n) is 2.13. The Morgan fingerprint density at radius 1 is 1.17 bits per heavy atom. The highest BCUT2D eigenvalue weighted by Gasteiger charge is 2.13. The lowest BCUT2D eigenvalue weighted by Gasteiger charge is -2.08. The SMILES string of the molecule is Fc1ccc(Br)c(Oc2ccc3c(n2)CCC3)c1. The first-order valence-electron chi connectivity index (χ1n) is 5.84. The van der Waals surface area contributed by atoms with Gasteiger partial charge in [-0.1, -0.05) is 6.07 Å². The first kappa shape index (κ1) is 11.7. The molecule has 0 radical (unpaired) electrons. The molecule has 0 fully saturated rings. The smallest absolute Gasteiger partial charge is 0.219 e. The second-order valence-electron chi connectivity index (χ2n) is 4.29. The van der Waals surface area contributed by atoms with Gasteiger partial charge in [-0.05, 0) is 52.9 Å². The molecule has 3 rings (SSSR count). The molecule has 1 heterocycles. The van der Waals surface area contributed by atoms with Gasteiger partial charge in [0.05, 0.1) is 4.47 Å². The maximum absolute atomic E-state index is 13.1. The summed E-state index contributed by atoms with van der Waals surface area (Å²) < 4.78 is 19.5. The van der Waals surface area contributed by atoms with Crippen LogP contribution in [0.4, 0.5) is 4.39 Å². The van der Waals surface area contributed by atoms with Gasteiger partial charge in [0.15, 0.2) is 0 Å². The molecule has 0 bridgehead atoms. The van der Waals surface area contributed by atoms with Crippen LogP contribution in [0.15, 0.2) is 34.8 Å². The molecule has 0 amide bonds. The summed E-state index contributed by atoms with van der Waals surface area (Å²) in [5, 5.41) is 0. The first-order valence-corrected chi connectivity index (χ1v) is 6.63. The summed E-state index contributed by atoms with van der Waals surface area (Å²) in [5.74, 6) is 0.636. The zero-order valence-corrected chi connectivity index (χ0v) is 11.2. The van der Waals surface area contributed by atoms with Crippen molar-refractivity contribution in [3.8, 4) is 11.6 Å². The molecular weight excluding hydrogens is 297 g/mol. The van der Waals surface area contributed by atoms with Gasteiger partial charge < -0.3 is 4.74 Å². The molecule has 18 heavy (non-hydrogen) atoms. The number of aryl methyl sites for hydroxylation is 2. The summed E-state index contributed by atoms with van der Waals surface area (Å²) in [6.45, 7) is 0. The molecule has 1 aliphatic carbocycles. The molecule has 0 unspecified atom stereocenters. The van der Waals surface area contributed by atoms with Crippen LogP contribution in [0, 0.1) is 5.82 Å². The number of aromatic nitrogens is 1. The van der Waals surface area contributed by atoms with Crippen molar-refractivity contribution in [2.24, 2.45) is 0 Å². The Bertz CT molecular complexity index is 600. The summed E-state index contributed by atoms with van der Waals surface area (Å²) in [7, 11) is 0. The van der Waals surface area contributed by atoms with Crippen molar-refractivity contribution >= 4 is 15.9 Å². The van der Waals surface area contributed by atoms with Gasteiger partial charge >= 0.3 is 0 Å². The van der Waals surface area contributed by atoms with Gasteiger partial charge in [-0.25, -0.2) is 9.37 Å². The third kappa shape index (κ3) is 2.25. The van der Waals surface area contributed by atoms with E-state index in [0.717, 1.165) is 25.0 Å². The van der Waals surface area contributed by atoms with Crippen LogP contribution in [0.5, 0.6) is 11.6 Å². The van der Waals surface area contributed by atoms with Crippen LogP contribution in [0.2, 0.25) is 0 Å². The molecule has 92 valence electrons. The molecular formula is C14H11BrFNO. The van der Waals surface area contributed by atoms with Gasteiger partial charge in [0.25, 0.3) is 0 Å². The molecule has 0 aliphatic heterocycles. The van der Waals surface area contributed by atoms with Crippen molar-refractivity contribution in [3.63, 3.8) is 0 Å². The van der Waals surface area contributed by atoms with Gasteiger partial charge in [-0.2, -0.15) is 0 Å². The van der Waals surface area contributed by atoms with E-state index in [9.17, 15) is 4.39 Å². The summed E-state index contributed by atoms with van der Waals surface area (Å²) in [4.78, 5) is 4.45. The fourth-order valence-corrected chi connectivity index (χ4v) is 2.45. The number of halogens is 2. The van der Waals surface area contributed by atoms with Gasteiger partial charge in [-0.15, -0.1) is 0 Å². The number of fused-ring (bicyclic) bond motifs is 1. The molecule has 1 aliphatic rings. The van der Waals surface area contributed by atoms with E-state index in [1.165, 1.54) is 17.7 Å². The molecule has 4 heteroatoms. The Morgan fingerprint density at radius 3 is 2.94 bits per heavy atom. The summed E-state index contributed by atoms with van der Waals surface area (Å²) in [6, 6.07) is 8.23. The monoisotopic (exact) mass is 307 g/mol. The Hall–Kier alpha value is -1.42. The summed E-state index contributed by atoms with van der Waals surface area (Å²) in [6.07, 6.45) is 3.23. The molecule has 2 aromatic rings. The van der Waals surface area contributed by atoms with E-state index < -0.39 is 0 Å². The van der Waals surface area contributed by atoms with Gasteiger partial charge in [0, 0.05) is 17.8 Å². The van der Waals surface area contributed by atoms with Crippen LogP contribution in [-0.2, 0) is 12.8 Å². The Morgan fingerprint density at radius 2 is 2.06 bits per heavy atom. The topological polar surface area (TPSA) is 22.1 Å². The predicted octanol–water partition coefficient (Wildman–Crippen LogP) is 4.26.